The zero-order valence-corrected chi connectivity index (χ0v) is 18.6. The SMILES string of the molecule is Nc1nc(-c2cc3ccc(C4CNCCC4CO)nc3[nH]2)c(C(F)(F)F)c(C2CCCNC2)n1. The van der Waals surface area contributed by atoms with Crippen LogP contribution in [0.25, 0.3) is 22.4 Å². The van der Waals surface area contributed by atoms with Crippen LogP contribution in [0.3, 0.4) is 0 Å². The molecule has 0 aromatic carbocycles. The average molecular weight is 476 g/mol. The van der Waals surface area contributed by atoms with Gasteiger partial charge in [0.15, 0.2) is 0 Å². The molecule has 34 heavy (non-hydrogen) atoms. The van der Waals surface area contributed by atoms with E-state index in [9.17, 15) is 18.3 Å². The molecule has 3 aromatic heterocycles. The summed E-state index contributed by atoms with van der Waals surface area (Å²) in [6.07, 6.45) is -2.44. The molecule has 3 unspecified atom stereocenters. The van der Waals surface area contributed by atoms with Gasteiger partial charge in [-0.2, -0.15) is 13.2 Å². The van der Waals surface area contributed by atoms with E-state index in [-0.39, 0.29) is 41.5 Å². The Morgan fingerprint density at radius 3 is 2.62 bits per heavy atom. The number of aromatic amines is 1. The number of halogens is 3. The fraction of sp³-hybridized carbons (Fsp3) is 0.522. The molecule has 2 aliphatic heterocycles. The molecular weight excluding hydrogens is 447 g/mol. The number of alkyl halides is 3. The number of piperidine rings is 2. The van der Waals surface area contributed by atoms with Crippen molar-refractivity contribution >= 4 is 17.0 Å². The van der Waals surface area contributed by atoms with Crippen molar-refractivity contribution in [3.05, 3.63) is 35.2 Å². The summed E-state index contributed by atoms with van der Waals surface area (Å²) in [5.74, 6) is -0.459. The van der Waals surface area contributed by atoms with Gasteiger partial charge in [0.25, 0.3) is 0 Å². The van der Waals surface area contributed by atoms with Gasteiger partial charge in [-0.25, -0.2) is 15.0 Å². The number of nitrogen functional groups attached to an aromatic ring is 1. The molecule has 0 radical (unpaired) electrons. The zero-order chi connectivity index (χ0) is 23.9. The zero-order valence-electron chi connectivity index (χ0n) is 18.6. The minimum absolute atomic E-state index is 0.0285. The Morgan fingerprint density at radius 2 is 1.88 bits per heavy atom. The number of pyridine rings is 1. The highest BCUT2D eigenvalue weighted by atomic mass is 19.4. The number of aromatic nitrogens is 4. The highest BCUT2D eigenvalue weighted by Crippen LogP contribution is 2.42. The van der Waals surface area contributed by atoms with E-state index in [2.05, 4.69) is 25.6 Å². The van der Waals surface area contributed by atoms with Gasteiger partial charge in [0.2, 0.25) is 5.95 Å². The van der Waals surface area contributed by atoms with Gasteiger partial charge in [0.1, 0.15) is 16.9 Å². The van der Waals surface area contributed by atoms with Crippen LogP contribution in [0.5, 0.6) is 0 Å². The predicted octanol–water partition coefficient (Wildman–Crippen LogP) is 2.77. The summed E-state index contributed by atoms with van der Waals surface area (Å²) < 4.78 is 43.0. The molecule has 2 aliphatic rings. The van der Waals surface area contributed by atoms with E-state index in [1.165, 1.54) is 0 Å². The largest absolute Gasteiger partial charge is 0.420 e. The summed E-state index contributed by atoms with van der Waals surface area (Å²) in [6, 6.07) is 5.33. The number of aliphatic hydroxyl groups is 1. The van der Waals surface area contributed by atoms with Crippen molar-refractivity contribution in [2.75, 3.05) is 38.5 Å². The number of aliphatic hydroxyl groups excluding tert-OH is 1. The third-order valence-corrected chi connectivity index (χ3v) is 6.92. The summed E-state index contributed by atoms with van der Waals surface area (Å²) >= 11 is 0. The first-order valence-corrected chi connectivity index (χ1v) is 11.6. The molecule has 11 heteroatoms. The molecular formula is C23H28F3N7O. The Balaban J connectivity index is 1.59. The van der Waals surface area contributed by atoms with Crippen LogP contribution in [-0.2, 0) is 6.18 Å². The second kappa shape index (κ2) is 9.12. The molecule has 8 nitrogen and oxygen atoms in total. The highest BCUT2D eigenvalue weighted by Gasteiger charge is 2.41. The maximum absolute atomic E-state index is 14.3. The Labute approximate surface area is 194 Å². The number of hydrogen-bond acceptors (Lipinski definition) is 7. The van der Waals surface area contributed by atoms with Crippen molar-refractivity contribution in [1.29, 1.82) is 0 Å². The second-order valence-corrected chi connectivity index (χ2v) is 9.13. The van der Waals surface area contributed by atoms with Gasteiger partial charge in [-0.1, -0.05) is 0 Å². The molecule has 182 valence electrons. The molecule has 3 aromatic rings. The number of H-pyrrole nitrogens is 1. The Morgan fingerprint density at radius 1 is 1.06 bits per heavy atom. The van der Waals surface area contributed by atoms with Gasteiger partial charge in [-0.15, -0.1) is 0 Å². The normalized spacial score (nSPS) is 23.9. The van der Waals surface area contributed by atoms with E-state index in [1.54, 1.807) is 6.07 Å². The molecule has 0 amide bonds. The number of hydrogen-bond donors (Lipinski definition) is 5. The van der Waals surface area contributed by atoms with E-state index in [0.717, 1.165) is 31.6 Å². The first-order valence-electron chi connectivity index (χ1n) is 11.6. The van der Waals surface area contributed by atoms with Gasteiger partial charge in [-0.3, -0.25) is 0 Å². The Kier molecular flexibility index (Phi) is 6.17. The van der Waals surface area contributed by atoms with E-state index < -0.39 is 17.7 Å². The van der Waals surface area contributed by atoms with Crippen LogP contribution in [0.1, 0.15) is 48.0 Å². The lowest BCUT2D eigenvalue weighted by atomic mass is 9.84. The van der Waals surface area contributed by atoms with Crippen LogP contribution in [0.15, 0.2) is 18.2 Å². The van der Waals surface area contributed by atoms with E-state index in [1.807, 2.05) is 12.1 Å². The number of nitrogens with two attached hydrogens (primary N) is 1. The highest BCUT2D eigenvalue weighted by molar-refractivity contribution is 5.83. The third kappa shape index (κ3) is 4.35. The lowest BCUT2D eigenvalue weighted by Gasteiger charge is -2.30. The fourth-order valence-corrected chi connectivity index (χ4v) is 5.18. The van der Waals surface area contributed by atoms with Crippen molar-refractivity contribution in [1.82, 2.24) is 30.6 Å². The van der Waals surface area contributed by atoms with Crippen LogP contribution < -0.4 is 16.4 Å². The van der Waals surface area contributed by atoms with Gasteiger partial charge < -0.3 is 26.5 Å². The number of rotatable bonds is 4. The predicted molar refractivity (Wildman–Crippen MR) is 122 cm³/mol. The quantitative estimate of drug-likeness (QED) is 0.393. The van der Waals surface area contributed by atoms with E-state index in [4.69, 9.17) is 10.7 Å². The Bertz CT molecular complexity index is 1170. The summed E-state index contributed by atoms with van der Waals surface area (Å²) in [6.45, 7) is 2.78. The van der Waals surface area contributed by atoms with Gasteiger partial charge in [0, 0.05) is 42.6 Å². The van der Waals surface area contributed by atoms with Gasteiger partial charge in [0.05, 0.1) is 11.4 Å². The molecule has 6 N–H and O–H groups in total. The number of fused-ring (bicyclic) bond motifs is 1. The molecule has 0 spiro atoms. The second-order valence-electron chi connectivity index (χ2n) is 9.13. The number of nitrogens with one attached hydrogen (secondary N) is 3. The summed E-state index contributed by atoms with van der Waals surface area (Å²) in [5, 5.41) is 16.9. The monoisotopic (exact) mass is 475 g/mol. The maximum Gasteiger partial charge on any atom is 0.420 e. The minimum atomic E-state index is -4.65. The molecule has 2 fully saturated rings. The van der Waals surface area contributed by atoms with Crippen LogP contribution in [0.4, 0.5) is 19.1 Å². The first kappa shape index (κ1) is 23.0. The summed E-state index contributed by atoms with van der Waals surface area (Å²) in [4.78, 5) is 15.8. The summed E-state index contributed by atoms with van der Waals surface area (Å²) in [7, 11) is 0. The third-order valence-electron chi connectivity index (χ3n) is 6.92. The van der Waals surface area contributed by atoms with Crippen LogP contribution in [0.2, 0.25) is 0 Å². The Hall–Kier alpha value is -2.76. The fourth-order valence-electron chi connectivity index (χ4n) is 5.18. The number of anilines is 1. The van der Waals surface area contributed by atoms with Crippen molar-refractivity contribution in [3.8, 4) is 11.4 Å². The molecule has 0 bridgehead atoms. The summed E-state index contributed by atoms with van der Waals surface area (Å²) in [5.41, 5.74) is 6.19. The van der Waals surface area contributed by atoms with Crippen LogP contribution >= 0.6 is 0 Å². The lowest BCUT2D eigenvalue weighted by molar-refractivity contribution is -0.138. The van der Waals surface area contributed by atoms with E-state index in [0.29, 0.717) is 30.5 Å². The molecule has 0 saturated carbocycles. The van der Waals surface area contributed by atoms with Gasteiger partial charge in [-0.05, 0) is 56.5 Å². The van der Waals surface area contributed by atoms with Crippen LogP contribution in [0, 0.1) is 5.92 Å². The average Bonchev–Trinajstić information content (AvgIpc) is 3.26. The molecule has 5 rings (SSSR count). The van der Waals surface area contributed by atoms with Crippen LogP contribution in [-0.4, -0.2) is 57.8 Å². The molecule has 3 atom stereocenters. The van der Waals surface area contributed by atoms with Crippen molar-refractivity contribution in [2.24, 2.45) is 5.92 Å². The van der Waals surface area contributed by atoms with E-state index >= 15 is 0 Å². The van der Waals surface area contributed by atoms with Crippen molar-refractivity contribution < 1.29 is 18.3 Å². The smallest absolute Gasteiger partial charge is 0.396 e. The molecule has 5 heterocycles. The van der Waals surface area contributed by atoms with Gasteiger partial charge >= 0.3 is 6.18 Å². The minimum Gasteiger partial charge on any atom is -0.396 e. The maximum atomic E-state index is 14.3. The topological polar surface area (TPSA) is 125 Å². The lowest BCUT2D eigenvalue weighted by Crippen LogP contribution is -2.37. The molecule has 0 aliphatic carbocycles. The number of nitrogens with zero attached hydrogens (tertiary/aromatic N) is 3. The first-order chi connectivity index (χ1) is 16.3. The van der Waals surface area contributed by atoms with Crippen molar-refractivity contribution in [3.63, 3.8) is 0 Å². The standard InChI is InChI=1S/C23H28F3N7O/c24-23(25,26)18-19(13-2-1-6-28-9-13)32-22(27)33-20(18)17-8-12-3-4-16(30-21(12)31-17)15-10-29-7-5-14(15)11-34/h3-4,8,13-15,28-29,34H,1-2,5-7,9-11H2,(H,30,31)(H2,27,32,33). The molecule has 2 saturated heterocycles. The van der Waals surface area contributed by atoms with Crippen molar-refractivity contribution in [2.45, 2.75) is 37.3 Å².